The maximum atomic E-state index is 12.2. The Hall–Kier alpha value is -1.98. The van der Waals surface area contributed by atoms with Crippen LogP contribution in [-0.2, 0) is 14.3 Å². The lowest BCUT2D eigenvalue weighted by molar-refractivity contribution is -0.150. The van der Waals surface area contributed by atoms with Crippen LogP contribution in [0, 0.1) is 17.8 Å². The lowest BCUT2D eigenvalue weighted by atomic mass is 9.79. The fourth-order valence-corrected chi connectivity index (χ4v) is 2.98. The fraction of sp³-hybridized carbons (Fsp3) is 0.545. The molecule has 2 N–H and O–H groups in total. The van der Waals surface area contributed by atoms with E-state index < -0.39 is 36.5 Å². The molecule has 1 aliphatic rings. The predicted octanol–water partition coefficient (Wildman–Crippen LogP) is 3.14. The molecule has 4 atom stereocenters. The van der Waals surface area contributed by atoms with Gasteiger partial charge in [0.15, 0.2) is 5.78 Å². The third-order valence-corrected chi connectivity index (χ3v) is 4.46. The molecule has 0 heterocycles. The number of carbonyl (C=O) groups is 2. The molecule has 27 heavy (non-hydrogen) atoms. The van der Waals surface area contributed by atoms with Crippen LogP contribution >= 0.6 is 0 Å². The zero-order valence-corrected chi connectivity index (χ0v) is 16.9. The molecule has 0 bridgehead atoms. The van der Waals surface area contributed by atoms with Crippen LogP contribution in [0.3, 0.4) is 0 Å². The number of allylic oxidation sites excluding steroid dienone is 5. The van der Waals surface area contributed by atoms with Crippen molar-refractivity contribution in [1.29, 1.82) is 0 Å². The van der Waals surface area contributed by atoms with E-state index in [9.17, 15) is 19.8 Å². The van der Waals surface area contributed by atoms with Gasteiger partial charge in [-0.25, -0.2) is 0 Å². The van der Waals surface area contributed by atoms with Crippen molar-refractivity contribution in [3.63, 3.8) is 0 Å². The second kappa shape index (κ2) is 11.0. The van der Waals surface area contributed by atoms with Gasteiger partial charge in [0.05, 0.1) is 12.5 Å². The van der Waals surface area contributed by atoms with Gasteiger partial charge in [-0.15, -0.1) is 0 Å². The molecule has 0 saturated heterocycles. The van der Waals surface area contributed by atoms with E-state index in [-0.39, 0.29) is 11.5 Å². The minimum Gasteiger partial charge on any atom is -0.458 e. The van der Waals surface area contributed by atoms with Gasteiger partial charge in [-0.1, -0.05) is 56.7 Å². The minimum atomic E-state index is -1.35. The van der Waals surface area contributed by atoms with Crippen molar-refractivity contribution in [2.24, 2.45) is 17.8 Å². The van der Waals surface area contributed by atoms with E-state index in [1.54, 1.807) is 6.92 Å². The van der Waals surface area contributed by atoms with Crippen LogP contribution in [0.25, 0.3) is 0 Å². The first-order chi connectivity index (χ1) is 12.7. The van der Waals surface area contributed by atoms with Gasteiger partial charge in [-0.3, -0.25) is 9.59 Å². The fourth-order valence-electron chi connectivity index (χ4n) is 2.98. The number of aliphatic hydroxyl groups excluding tert-OH is 2. The van der Waals surface area contributed by atoms with Crippen LogP contribution in [0.1, 0.15) is 41.0 Å². The number of rotatable bonds is 8. The van der Waals surface area contributed by atoms with Gasteiger partial charge in [0.2, 0.25) is 0 Å². The maximum absolute atomic E-state index is 12.2. The van der Waals surface area contributed by atoms with Crippen molar-refractivity contribution in [3.05, 3.63) is 47.6 Å². The molecule has 0 aromatic carbocycles. The van der Waals surface area contributed by atoms with Crippen LogP contribution in [-0.4, -0.2) is 40.8 Å². The molecule has 1 rings (SSSR count). The van der Waals surface area contributed by atoms with Crippen molar-refractivity contribution in [1.82, 2.24) is 0 Å². The van der Waals surface area contributed by atoms with E-state index in [0.717, 1.165) is 12.0 Å². The van der Waals surface area contributed by atoms with Gasteiger partial charge in [0.25, 0.3) is 0 Å². The number of hydrogen-bond acceptors (Lipinski definition) is 5. The largest absolute Gasteiger partial charge is 0.458 e. The Balaban J connectivity index is 2.95. The topological polar surface area (TPSA) is 83.8 Å². The number of esters is 1. The van der Waals surface area contributed by atoms with Gasteiger partial charge in [-0.05, 0) is 31.3 Å². The van der Waals surface area contributed by atoms with Gasteiger partial charge in [-0.2, -0.15) is 0 Å². The van der Waals surface area contributed by atoms with E-state index >= 15 is 0 Å². The van der Waals surface area contributed by atoms with Gasteiger partial charge < -0.3 is 14.9 Å². The van der Waals surface area contributed by atoms with Crippen LogP contribution in [0.5, 0.6) is 0 Å². The molecule has 0 aliphatic heterocycles. The third-order valence-electron chi connectivity index (χ3n) is 4.46. The third kappa shape index (κ3) is 7.27. The van der Waals surface area contributed by atoms with E-state index in [1.807, 2.05) is 18.2 Å². The second-order valence-electron chi connectivity index (χ2n) is 7.47. The molecule has 0 aromatic rings. The van der Waals surface area contributed by atoms with Crippen LogP contribution < -0.4 is 0 Å². The molecule has 0 aromatic heterocycles. The highest BCUT2D eigenvalue weighted by Gasteiger charge is 2.40. The van der Waals surface area contributed by atoms with Crippen LogP contribution in [0.4, 0.5) is 0 Å². The Kier molecular flexibility index (Phi) is 9.39. The summed E-state index contributed by atoms with van der Waals surface area (Å²) in [6.07, 6.45) is 10.4. The Morgan fingerprint density at radius 3 is 2.48 bits per heavy atom. The molecule has 0 radical (unpaired) electrons. The van der Waals surface area contributed by atoms with Crippen LogP contribution in [0.15, 0.2) is 47.6 Å². The molecule has 5 heteroatoms. The average Bonchev–Trinajstić information content (AvgIpc) is 2.57. The number of ether oxygens (including phenoxy) is 1. The Morgan fingerprint density at radius 2 is 1.93 bits per heavy atom. The summed E-state index contributed by atoms with van der Waals surface area (Å²) < 4.78 is 5.26. The highest BCUT2D eigenvalue weighted by Crippen LogP contribution is 2.30. The monoisotopic (exact) mass is 376 g/mol. The number of carbonyl (C=O) groups excluding carboxylic acids is 2. The summed E-state index contributed by atoms with van der Waals surface area (Å²) in [4.78, 5) is 23.6. The van der Waals surface area contributed by atoms with E-state index in [4.69, 9.17) is 4.74 Å². The molecule has 0 amide bonds. The predicted molar refractivity (Wildman–Crippen MR) is 106 cm³/mol. The highest BCUT2D eigenvalue weighted by atomic mass is 16.5. The van der Waals surface area contributed by atoms with Crippen molar-refractivity contribution < 1.29 is 24.5 Å². The summed E-state index contributed by atoms with van der Waals surface area (Å²) >= 11 is 0. The number of Topliss-reactive ketones (excluding diaryl/α,β-unsaturated/α-hetero) is 1. The SMILES string of the molecule is CC(=O)O[C@H]1C=C(CO)C(=O)[C@H](O)[C@H]1/C(C)=C/C=C/C(C)/C=C/CC(C)C. The first-order valence-electron chi connectivity index (χ1n) is 9.40. The second-order valence-corrected chi connectivity index (χ2v) is 7.47. The quantitative estimate of drug-likeness (QED) is 0.386. The maximum Gasteiger partial charge on any atom is 0.303 e. The molecule has 1 unspecified atom stereocenters. The summed E-state index contributed by atoms with van der Waals surface area (Å²) in [5.74, 6) is -0.830. The highest BCUT2D eigenvalue weighted by molar-refractivity contribution is 6.00. The lowest BCUT2D eigenvalue weighted by Gasteiger charge is -2.33. The summed E-state index contributed by atoms with van der Waals surface area (Å²) in [5.41, 5.74) is 0.794. The standard InChI is InChI=1S/C22H32O5/c1-14(2)8-6-9-15(3)10-7-11-16(4)20-19(27-17(5)24)12-18(13-23)21(25)22(20)26/h6-7,9-12,14-15,19-20,22-23,26H,8,13H2,1-5H3/b9-6+,10-7+,16-11+/t15?,19-,20-,22+/m0/s1. The smallest absolute Gasteiger partial charge is 0.303 e. The van der Waals surface area contributed by atoms with Crippen molar-refractivity contribution in [3.8, 4) is 0 Å². The summed E-state index contributed by atoms with van der Waals surface area (Å²) in [6, 6.07) is 0. The molecule has 5 nitrogen and oxygen atoms in total. The van der Waals surface area contributed by atoms with Gasteiger partial charge in [0.1, 0.15) is 12.2 Å². The molecule has 0 spiro atoms. The minimum absolute atomic E-state index is 0.0669. The molecule has 1 aliphatic carbocycles. The summed E-state index contributed by atoms with van der Waals surface area (Å²) in [7, 11) is 0. The normalized spacial score (nSPS) is 25.3. The molecule has 0 fully saturated rings. The Morgan fingerprint density at radius 1 is 1.26 bits per heavy atom. The van der Waals surface area contributed by atoms with Crippen molar-refractivity contribution >= 4 is 11.8 Å². The number of ketones is 1. The lowest BCUT2D eigenvalue weighted by Crippen LogP contribution is -2.44. The Labute approximate surface area is 162 Å². The summed E-state index contributed by atoms with van der Waals surface area (Å²) in [5, 5.41) is 19.7. The summed E-state index contributed by atoms with van der Waals surface area (Å²) in [6.45, 7) is 8.99. The van der Waals surface area contributed by atoms with Crippen LogP contribution in [0.2, 0.25) is 0 Å². The van der Waals surface area contributed by atoms with Gasteiger partial charge >= 0.3 is 5.97 Å². The van der Waals surface area contributed by atoms with Crippen molar-refractivity contribution in [2.75, 3.05) is 6.61 Å². The van der Waals surface area contributed by atoms with E-state index in [0.29, 0.717) is 5.92 Å². The zero-order valence-electron chi connectivity index (χ0n) is 16.9. The average molecular weight is 376 g/mol. The molecular formula is C22H32O5. The Bertz CT molecular complexity index is 639. The van der Waals surface area contributed by atoms with Crippen molar-refractivity contribution in [2.45, 2.75) is 53.2 Å². The molecule has 150 valence electrons. The zero-order chi connectivity index (χ0) is 20.6. The molecule has 0 saturated carbocycles. The first kappa shape index (κ1) is 23.1. The first-order valence-corrected chi connectivity index (χ1v) is 9.40. The van der Waals surface area contributed by atoms with E-state index in [1.165, 1.54) is 13.0 Å². The molecular weight excluding hydrogens is 344 g/mol. The number of hydrogen-bond donors (Lipinski definition) is 2. The van der Waals surface area contributed by atoms with E-state index in [2.05, 4.69) is 32.9 Å². The number of aliphatic hydroxyl groups is 2. The van der Waals surface area contributed by atoms with Gasteiger partial charge in [0, 0.05) is 12.5 Å².